The van der Waals surface area contributed by atoms with Crippen molar-refractivity contribution in [1.82, 2.24) is 5.43 Å². The van der Waals surface area contributed by atoms with Crippen LogP contribution in [0.15, 0.2) is 58.4 Å². The van der Waals surface area contributed by atoms with Crippen LogP contribution in [0, 0.1) is 0 Å². The van der Waals surface area contributed by atoms with Crippen LogP contribution in [-0.4, -0.2) is 12.1 Å². The third kappa shape index (κ3) is 5.01. The number of carbonyl (C=O) groups is 1. The Morgan fingerprint density at radius 3 is 2.65 bits per heavy atom. The van der Waals surface area contributed by atoms with E-state index in [1.807, 2.05) is 48.1 Å². The number of pyridine rings is 1. The van der Waals surface area contributed by atoms with Crippen molar-refractivity contribution in [3.63, 3.8) is 0 Å². The minimum Gasteiger partial charge on any atom is -1.00 e. The van der Waals surface area contributed by atoms with Crippen LogP contribution in [0.1, 0.15) is 15.9 Å². The molecule has 0 spiro atoms. The molecule has 4 nitrogen and oxygen atoms in total. The molecule has 1 N–H and O–H groups in total. The van der Waals surface area contributed by atoms with Crippen molar-refractivity contribution in [2.24, 2.45) is 12.1 Å². The summed E-state index contributed by atoms with van der Waals surface area (Å²) in [4.78, 5) is 11.8. The van der Waals surface area contributed by atoms with E-state index in [-0.39, 0.29) is 29.9 Å². The van der Waals surface area contributed by atoms with Crippen molar-refractivity contribution in [3.8, 4) is 0 Å². The van der Waals surface area contributed by atoms with E-state index in [2.05, 4.69) is 26.5 Å². The number of nitrogens with zero attached hydrogens (tertiary/aromatic N) is 2. The zero-order chi connectivity index (χ0) is 13.7. The third-order valence-electron chi connectivity index (χ3n) is 2.45. The molecule has 0 saturated carbocycles. The molecule has 2 aromatic rings. The Bertz CT molecular complexity index is 614. The lowest BCUT2D eigenvalue weighted by molar-refractivity contribution is -0.671. The number of aryl methyl sites for hydroxylation is 1. The predicted octanol–water partition coefficient (Wildman–Crippen LogP) is -0.958. The molecule has 1 amide bonds. The second-order valence-corrected chi connectivity index (χ2v) is 4.92. The van der Waals surface area contributed by atoms with Crippen molar-refractivity contribution < 1.29 is 33.3 Å². The fraction of sp³-hybridized carbons (Fsp3) is 0.0714. The van der Waals surface area contributed by atoms with Gasteiger partial charge in [0.2, 0.25) is 0 Å². The summed E-state index contributed by atoms with van der Waals surface area (Å²) >= 11 is 3.36. The van der Waals surface area contributed by atoms with Crippen molar-refractivity contribution in [2.45, 2.75) is 0 Å². The van der Waals surface area contributed by atoms with Crippen LogP contribution in [0.3, 0.4) is 0 Å². The van der Waals surface area contributed by atoms with Crippen LogP contribution in [0.4, 0.5) is 0 Å². The molecule has 0 saturated heterocycles. The first-order chi connectivity index (χ1) is 9.15. The molecule has 0 unspecified atom stereocenters. The number of benzene rings is 1. The van der Waals surface area contributed by atoms with Crippen LogP contribution in [0.25, 0.3) is 0 Å². The van der Waals surface area contributed by atoms with E-state index in [0.29, 0.717) is 5.56 Å². The maximum Gasteiger partial charge on any atom is 0.277 e. The molecule has 104 valence electrons. The molecule has 0 aliphatic carbocycles. The molecule has 0 aliphatic heterocycles. The molecule has 1 aromatic heterocycles. The molecule has 2 rings (SSSR count). The van der Waals surface area contributed by atoms with Crippen molar-refractivity contribution in [1.29, 1.82) is 0 Å². The smallest absolute Gasteiger partial charge is 0.277 e. The van der Waals surface area contributed by atoms with Gasteiger partial charge < -0.3 is 24.0 Å². The molecule has 0 bridgehead atoms. The number of rotatable bonds is 3. The zero-order valence-electron chi connectivity index (χ0n) is 10.8. The maximum atomic E-state index is 11.8. The molecule has 1 aromatic carbocycles. The van der Waals surface area contributed by atoms with Gasteiger partial charge in [-0.3, -0.25) is 4.79 Å². The van der Waals surface area contributed by atoms with Gasteiger partial charge in [0.25, 0.3) is 5.91 Å². The van der Waals surface area contributed by atoms with Gasteiger partial charge in [0, 0.05) is 10.5 Å². The Kier molecular flexibility index (Phi) is 6.80. The molecular weight excluding hydrogens is 433 g/mol. The number of hydrogen-bond acceptors (Lipinski definition) is 2. The molecule has 0 radical (unpaired) electrons. The van der Waals surface area contributed by atoms with Crippen LogP contribution in [-0.2, 0) is 7.05 Å². The second kappa shape index (κ2) is 8.11. The van der Waals surface area contributed by atoms with Gasteiger partial charge in [-0.25, -0.2) is 9.99 Å². The lowest BCUT2D eigenvalue weighted by Gasteiger charge is -1.98. The van der Waals surface area contributed by atoms with Crippen LogP contribution < -0.4 is 34.0 Å². The summed E-state index contributed by atoms with van der Waals surface area (Å²) in [7, 11) is 1.86. The highest BCUT2D eigenvalue weighted by Gasteiger charge is 2.07. The second-order valence-electron chi connectivity index (χ2n) is 4.01. The number of hydrazone groups is 1. The Labute approximate surface area is 143 Å². The fourth-order valence-corrected chi connectivity index (χ4v) is 1.77. The van der Waals surface area contributed by atoms with Gasteiger partial charge in [-0.1, -0.05) is 28.1 Å². The number of aromatic nitrogens is 1. The Morgan fingerprint density at radius 1 is 1.30 bits per heavy atom. The minimum atomic E-state index is -0.232. The average Bonchev–Trinajstić information content (AvgIpc) is 2.41. The fourth-order valence-electron chi connectivity index (χ4n) is 1.50. The lowest BCUT2D eigenvalue weighted by atomic mass is 10.2. The summed E-state index contributed by atoms with van der Waals surface area (Å²) in [6.45, 7) is 0. The van der Waals surface area contributed by atoms with E-state index in [9.17, 15) is 4.79 Å². The number of halogens is 2. The lowest BCUT2D eigenvalue weighted by Crippen LogP contribution is -3.00. The molecule has 6 heteroatoms. The highest BCUT2D eigenvalue weighted by Crippen LogP contribution is 2.08. The standard InChI is InChI=1S/C14H12BrN3O.HI/c1-18-8-2-3-12(10-18)14(19)17-16-9-11-4-6-13(15)7-5-11;/h2-10H,1H3;1H/b16-9+;. The maximum absolute atomic E-state index is 11.8. The van der Waals surface area contributed by atoms with Gasteiger partial charge in [-0.15, -0.1) is 0 Å². The molecule has 20 heavy (non-hydrogen) atoms. The van der Waals surface area contributed by atoms with E-state index in [0.717, 1.165) is 10.0 Å². The first-order valence-corrected chi connectivity index (χ1v) is 6.49. The van der Waals surface area contributed by atoms with Crippen molar-refractivity contribution in [3.05, 3.63) is 64.4 Å². The molecule has 0 fully saturated rings. The first-order valence-electron chi connectivity index (χ1n) is 5.69. The van der Waals surface area contributed by atoms with Crippen molar-refractivity contribution >= 4 is 28.1 Å². The third-order valence-corrected chi connectivity index (χ3v) is 2.98. The Balaban J connectivity index is 0.00000200. The highest BCUT2D eigenvalue weighted by molar-refractivity contribution is 9.10. The SMILES string of the molecule is C[n+]1cccc(C(=O)N/N=C/c2ccc(Br)cc2)c1.[I-]. The monoisotopic (exact) mass is 445 g/mol. The summed E-state index contributed by atoms with van der Waals surface area (Å²) in [5.41, 5.74) is 3.98. The van der Waals surface area contributed by atoms with Gasteiger partial charge in [-0.05, 0) is 23.8 Å². The summed E-state index contributed by atoms with van der Waals surface area (Å²) in [6.07, 6.45) is 5.21. The van der Waals surface area contributed by atoms with E-state index in [1.165, 1.54) is 0 Å². The molecule has 0 atom stereocenters. The minimum absolute atomic E-state index is 0. The van der Waals surface area contributed by atoms with Crippen LogP contribution in [0.5, 0.6) is 0 Å². The average molecular weight is 446 g/mol. The predicted molar refractivity (Wildman–Crippen MR) is 76.8 cm³/mol. The largest absolute Gasteiger partial charge is 1.00 e. The topological polar surface area (TPSA) is 45.3 Å². The summed E-state index contributed by atoms with van der Waals surface area (Å²) < 4.78 is 2.82. The first kappa shape index (κ1) is 16.8. The van der Waals surface area contributed by atoms with E-state index in [1.54, 1.807) is 18.5 Å². The zero-order valence-corrected chi connectivity index (χ0v) is 14.5. The molecular formula is C14H13BrIN3O. The normalized spacial score (nSPS) is 10.1. The summed E-state index contributed by atoms with van der Waals surface area (Å²) in [5.74, 6) is -0.232. The van der Waals surface area contributed by atoms with Gasteiger partial charge in [0.05, 0.1) is 6.21 Å². The van der Waals surface area contributed by atoms with Crippen LogP contribution in [0.2, 0.25) is 0 Å². The van der Waals surface area contributed by atoms with Crippen LogP contribution >= 0.6 is 15.9 Å². The van der Waals surface area contributed by atoms with E-state index >= 15 is 0 Å². The Hall–Kier alpha value is -1.28. The van der Waals surface area contributed by atoms with E-state index in [4.69, 9.17) is 0 Å². The van der Waals surface area contributed by atoms with E-state index < -0.39 is 0 Å². The summed E-state index contributed by atoms with van der Waals surface area (Å²) in [6, 6.07) is 11.2. The number of hydrogen-bond donors (Lipinski definition) is 1. The summed E-state index contributed by atoms with van der Waals surface area (Å²) in [5, 5.41) is 3.93. The van der Waals surface area contributed by atoms with Gasteiger partial charge in [0.15, 0.2) is 12.4 Å². The number of amides is 1. The van der Waals surface area contributed by atoms with Gasteiger partial charge in [-0.2, -0.15) is 5.10 Å². The quantitative estimate of drug-likeness (QED) is 0.281. The Morgan fingerprint density at radius 2 is 2.00 bits per heavy atom. The number of carbonyl (C=O) groups excluding carboxylic acids is 1. The van der Waals surface area contributed by atoms with Gasteiger partial charge >= 0.3 is 0 Å². The van der Waals surface area contributed by atoms with Crippen molar-refractivity contribution in [2.75, 3.05) is 0 Å². The molecule has 0 aliphatic rings. The van der Waals surface area contributed by atoms with Gasteiger partial charge in [0.1, 0.15) is 12.6 Å². The molecule has 1 heterocycles. The highest BCUT2D eigenvalue weighted by atomic mass is 127. The number of nitrogens with one attached hydrogen (secondary N) is 1.